The van der Waals surface area contributed by atoms with Crippen LogP contribution in [0.25, 0.3) is 5.73 Å². The van der Waals surface area contributed by atoms with Crippen LogP contribution in [-0.4, -0.2) is 18.5 Å². The van der Waals surface area contributed by atoms with E-state index in [-0.39, 0.29) is 0 Å². The average molecular weight is 191 g/mol. The van der Waals surface area contributed by atoms with Gasteiger partial charge in [0.1, 0.15) is 0 Å². The van der Waals surface area contributed by atoms with E-state index in [1.54, 1.807) is 0 Å². The maximum absolute atomic E-state index is 7.71. The van der Waals surface area contributed by atoms with Crippen LogP contribution in [0.15, 0.2) is 24.3 Å². The maximum atomic E-state index is 7.71. The van der Waals surface area contributed by atoms with Gasteiger partial charge in [-0.2, -0.15) is 0 Å². The first-order valence-electron chi connectivity index (χ1n) is 5.22. The quantitative estimate of drug-likeness (QED) is 0.698. The Morgan fingerprint density at radius 3 is 2.64 bits per heavy atom. The third-order valence-corrected chi connectivity index (χ3v) is 2.35. The smallest absolute Gasteiger partial charge is 0.0218 e. The van der Waals surface area contributed by atoms with Gasteiger partial charge in [-0.25, -0.2) is 0 Å². The van der Waals surface area contributed by atoms with Crippen LogP contribution >= 0.6 is 0 Å². The highest BCUT2D eigenvalue weighted by atomic mass is 15.1. The van der Waals surface area contributed by atoms with E-state index < -0.39 is 0 Å². The molecular weight excluding hydrogens is 172 g/mol. The third-order valence-electron chi connectivity index (χ3n) is 2.35. The van der Waals surface area contributed by atoms with Crippen LogP contribution in [0.4, 0.5) is 5.69 Å². The fraction of sp³-hybridized carbons (Fsp3) is 0.500. The van der Waals surface area contributed by atoms with Gasteiger partial charge in [-0.3, -0.25) is 0 Å². The Kier molecular flexibility index (Phi) is 4.47. The van der Waals surface area contributed by atoms with Crippen molar-refractivity contribution in [3.05, 3.63) is 35.6 Å². The molecule has 0 aliphatic rings. The summed E-state index contributed by atoms with van der Waals surface area (Å²) in [7, 11) is 2.11. The molecule has 0 unspecified atom stereocenters. The van der Waals surface area contributed by atoms with E-state index in [0.717, 1.165) is 18.7 Å². The molecule has 0 fully saturated rings. The van der Waals surface area contributed by atoms with Gasteiger partial charge in [-0.1, -0.05) is 37.6 Å². The Balaban J connectivity index is 2.47. The van der Waals surface area contributed by atoms with E-state index >= 15 is 0 Å². The number of benzene rings is 1. The molecule has 1 N–H and O–H groups in total. The molecule has 1 aromatic rings. The largest absolute Gasteiger partial charge is 0.698 e. The Morgan fingerprint density at radius 2 is 2.00 bits per heavy atom. The fourth-order valence-electron chi connectivity index (χ4n) is 1.46. The monoisotopic (exact) mass is 191 g/mol. The molecule has 0 aliphatic carbocycles. The van der Waals surface area contributed by atoms with Crippen LogP contribution in [0.3, 0.4) is 0 Å². The van der Waals surface area contributed by atoms with Crippen LogP contribution < -0.4 is 0 Å². The summed E-state index contributed by atoms with van der Waals surface area (Å²) < 4.78 is 0. The van der Waals surface area contributed by atoms with Crippen molar-refractivity contribution in [1.29, 1.82) is 0 Å². The lowest BCUT2D eigenvalue weighted by molar-refractivity contribution is 0.321. The first kappa shape index (κ1) is 11.1. The van der Waals surface area contributed by atoms with Gasteiger partial charge >= 0.3 is 0 Å². The lowest BCUT2D eigenvalue weighted by Gasteiger charge is -2.19. The summed E-state index contributed by atoms with van der Waals surface area (Å²) in [5, 5.41) is 0. The van der Waals surface area contributed by atoms with Crippen molar-refractivity contribution in [2.75, 3.05) is 13.6 Å². The average Bonchev–Trinajstić information content (AvgIpc) is 2.18. The number of hydrogen-bond donors (Lipinski definition) is 0. The molecule has 1 aromatic carbocycles. The summed E-state index contributed by atoms with van der Waals surface area (Å²) in [5.41, 5.74) is 9.48. The van der Waals surface area contributed by atoms with Crippen LogP contribution in [0.5, 0.6) is 0 Å². The van der Waals surface area contributed by atoms with Crippen molar-refractivity contribution in [2.24, 2.45) is 0 Å². The molecule has 2 heteroatoms. The molecule has 0 aliphatic heterocycles. The topological polar surface area (TPSA) is 27.0 Å². The predicted octanol–water partition coefficient (Wildman–Crippen LogP) is 3.60. The van der Waals surface area contributed by atoms with Gasteiger partial charge in [0.15, 0.2) is 0 Å². The normalized spacial score (nSPS) is 10.8. The number of rotatable bonds is 5. The summed E-state index contributed by atoms with van der Waals surface area (Å²) in [6.45, 7) is 4.21. The van der Waals surface area contributed by atoms with E-state index in [2.05, 4.69) is 18.9 Å². The zero-order valence-corrected chi connectivity index (χ0v) is 9.09. The number of nitrogens with zero attached hydrogens (tertiary/aromatic N) is 1. The molecule has 0 spiro atoms. The van der Waals surface area contributed by atoms with Gasteiger partial charge in [0.05, 0.1) is 0 Å². The van der Waals surface area contributed by atoms with Crippen LogP contribution in [0, 0.1) is 0 Å². The predicted molar refractivity (Wildman–Crippen MR) is 61.7 cm³/mol. The van der Waals surface area contributed by atoms with Crippen molar-refractivity contribution >= 4 is 5.69 Å². The van der Waals surface area contributed by atoms with Crippen molar-refractivity contribution < 1.29 is 0 Å². The molecule has 0 saturated carbocycles. The summed E-state index contributed by atoms with van der Waals surface area (Å²) in [6.07, 6.45) is 2.46. The zero-order valence-electron chi connectivity index (χ0n) is 9.09. The summed E-state index contributed by atoms with van der Waals surface area (Å²) >= 11 is 0. The van der Waals surface area contributed by atoms with E-state index in [1.807, 2.05) is 24.3 Å². The van der Waals surface area contributed by atoms with Gasteiger partial charge in [0.25, 0.3) is 0 Å². The van der Waals surface area contributed by atoms with Gasteiger partial charge in [-0.05, 0) is 25.6 Å². The first-order valence-corrected chi connectivity index (χ1v) is 5.22. The minimum Gasteiger partial charge on any atom is -0.698 e. The third kappa shape index (κ3) is 3.38. The second-order valence-electron chi connectivity index (χ2n) is 3.75. The maximum Gasteiger partial charge on any atom is 0.0218 e. The van der Waals surface area contributed by atoms with Crippen molar-refractivity contribution in [3.8, 4) is 0 Å². The highest BCUT2D eigenvalue weighted by Gasteiger charge is 1.99. The van der Waals surface area contributed by atoms with Crippen LogP contribution in [-0.2, 0) is 6.54 Å². The van der Waals surface area contributed by atoms with Crippen molar-refractivity contribution in [3.63, 3.8) is 0 Å². The van der Waals surface area contributed by atoms with E-state index in [9.17, 15) is 0 Å². The SMILES string of the molecule is CCCCN(C)Cc1ccccc1[NH-]. The Hall–Kier alpha value is -1.02. The molecule has 2 nitrogen and oxygen atoms in total. The molecule has 0 heterocycles. The molecule has 0 amide bonds. The second-order valence-corrected chi connectivity index (χ2v) is 3.75. The highest BCUT2D eigenvalue weighted by molar-refractivity contribution is 5.50. The van der Waals surface area contributed by atoms with E-state index in [4.69, 9.17) is 5.73 Å². The standard InChI is InChI=1S/C12H19N2/c1-3-4-9-14(2)10-11-7-5-6-8-12(11)13/h5-8,13H,3-4,9-10H2,1-2H3/q-1. The lowest BCUT2D eigenvalue weighted by Crippen LogP contribution is -2.18. The van der Waals surface area contributed by atoms with Crippen LogP contribution in [0.1, 0.15) is 25.3 Å². The minimum atomic E-state index is 0.649. The molecule has 0 bridgehead atoms. The molecule has 78 valence electrons. The summed E-state index contributed by atoms with van der Waals surface area (Å²) in [4.78, 5) is 2.27. The summed E-state index contributed by atoms with van der Waals surface area (Å²) in [6, 6.07) is 7.80. The van der Waals surface area contributed by atoms with Gasteiger partial charge in [0.2, 0.25) is 0 Å². The Bertz CT molecular complexity index is 271. The fourth-order valence-corrected chi connectivity index (χ4v) is 1.46. The highest BCUT2D eigenvalue weighted by Crippen LogP contribution is 2.18. The first-order chi connectivity index (χ1) is 6.74. The minimum absolute atomic E-state index is 0.649. The second kappa shape index (κ2) is 5.66. The van der Waals surface area contributed by atoms with Gasteiger partial charge < -0.3 is 10.6 Å². The molecule has 0 aromatic heterocycles. The number of hydrogen-bond acceptors (Lipinski definition) is 1. The van der Waals surface area contributed by atoms with Crippen LogP contribution in [0.2, 0.25) is 0 Å². The molecule has 1 rings (SSSR count). The Labute approximate surface area is 86.7 Å². The lowest BCUT2D eigenvalue weighted by atomic mass is 10.1. The van der Waals surface area contributed by atoms with E-state index in [0.29, 0.717) is 5.69 Å². The summed E-state index contributed by atoms with van der Waals surface area (Å²) in [5.74, 6) is 0. The number of unbranched alkanes of at least 4 members (excludes halogenated alkanes) is 1. The zero-order chi connectivity index (χ0) is 10.4. The molecular formula is C12H19N2-. The van der Waals surface area contributed by atoms with Gasteiger partial charge in [0, 0.05) is 6.54 Å². The van der Waals surface area contributed by atoms with Crippen molar-refractivity contribution in [1.82, 2.24) is 4.90 Å². The van der Waals surface area contributed by atoms with Gasteiger partial charge in [-0.15, -0.1) is 5.69 Å². The Morgan fingerprint density at radius 1 is 1.29 bits per heavy atom. The molecule has 0 atom stereocenters. The molecule has 14 heavy (non-hydrogen) atoms. The number of nitrogens with one attached hydrogen (secondary N) is 1. The molecule has 0 saturated heterocycles. The molecule has 0 radical (unpaired) electrons. The van der Waals surface area contributed by atoms with Crippen molar-refractivity contribution in [2.45, 2.75) is 26.3 Å². The van der Waals surface area contributed by atoms with E-state index in [1.165, 1.54) is 12.8 Å².